The van der Waals surface area contributed by atoms with Gasteiger partial charge < -0.3 is 59.5 Å². The van der Waals surface area contributed by atoms with Crippen molar-refractivity contribution in [3.05, 3.63) is 0 Å². The Kier molecular flexibility index (Phi) is 21.9. The molecule has 1 aliphatic rings. The van der Waals surface area contributed by atoms with Crippen LogP contribution in [-0.2, 0) is 28.8 Å². The van der Waals surface area contributed by atoms with Gasteiger partial charge in [-0.3, -0.25) is 28.8 Å². The first-order chi connectivity index (χ1) is 16.1. The molecule has 1 fully saturated rings. The molecule has 0 saturated carbocycles. The van der Waals surface area contributed by atoms with Crippen molar-refractivity contribution in [3.8, 4) is 0 Å². The van der Waals surface area contributed by atoms with Gasteiger partial charge in [0.1, 0.15) is 24.2 Å². The van der Waals surface area contributed by atoms with Crippen molar-refractivity contribution in [3.63, 3.8) is 0 Å². The van der Waals surface area contributed by atoms with E-state index in [4.69, 9.17) is 54.2 Å². The summed E-state index contributed by atoms with van der Waals surface area (Å²) in [6, 6.07) is -3.35. The summed E-state index contributed by atoms with van der Waals surface area (Å²) in [5, 5.41) is 43.5. The molecule has 1 saturated heterocycles. The minimum absolute atomic E-state index is 0.0213. The van der Waals surface area contributed by atoms with Crippen LogP contribution in [0, 0.1) is 0 Å². The number of rotatable bonds is 11. The van der Waals surface area contributed by atoms with Crippen molar-refractivity contribution in [2.45, 2.75) is 62.7 Å². The van der Waals surface area contributed by atoms with E-state index in [1.54, 1.807) is 0 Å². The molecule has 0 aliphatic carbocycles. The van der Waals surface area contributed by atoms with Crippen LogP contribution in [0.1, 0.15) is 38.5 Å². The molecule has 1 heterocycles. The largest absolute Gasteiger partial charge is 0.480 e. The molecule has 17 nitrogen and oxygen atoms in total. The average molecular weight is 513 g/mol. The van der Waals surface area contributed by atoms with Crippen LogP contribution >= 0.6 is 0 Å². The Morgan fingerprint density at radius 3 is 1.26 bits per heavy atom. The lowest BCUT2D eigenvalue weighted by Gasteiger charge is -2.01. The highest BCUT2D eigenvalue weighted by Crippen LogP contribution is 2.03. The zero-order valence-electron chi connectivity index (χ0n) is 19.0. The Hall–Kier alpha value is -3.38. The molecular weight excluding hydrogens is 476 g/mol. The number of carboxylic acid groups (broad SMARTS) is 4. The lowest BCUT2D eigenvalue weighted by atomic mass is 10.2. The van der Waals surface area contributed by atoms with Gasteiger partial charge in [-0.15, -0.1) is 0 Å². The molecule has 17 heteroatoms. The first-order valence-corrected chi connectivity index (χ1v) is 10.1. The Bertz CT molecular complexity index is 652. The Morgan fingerprint density at radius 1 is 0.743 bits per heavy atom. The third-order valence-corrected chi connectivity index (χ3v) is 3.91. The normalized spacial score (nSPS) is 16.3. The second-order valence-corrected chi connectivity index (χ2v) is 7.01. The zero-order valence-corrected chi connectivity index (χ0v) is 19.0. The average Bonchev–Trinajstić information content (AvgIpc) is 3.31. The highest BCUT2D eigenvalue weighted by molar-refractivity contribution is 5.77. The lowest BCUT2D eigenvalue weighted by molar-refractivity contribution is -0.140. The number of carbonyl (C=O) groups excluding carboxylic acids is 2. The van der Waals surface area contributed by atoms with E-state index in [2.05, 4.69) is 5.32 Å². The maximum absolute atomic E-state index is 10.1. The highest BCUT2D eigenvalue weighted by Gasteiger charge is 2.20. The fourth-order valence-corrected chi connectivity index (χ4v) is 1.82. The Morgan fingerprint density at radius 2 is 1.11 bits per heavy atom. The van der Waals surface area contributed by atoms with Crippen LogP contribution in [0.25, 0.3) is 0 Å². The quantitative estimate of drug-likeness (QED) is 0.124. The van der Waals surface area contributed by atoms with E-state index in [0.29, 0.717) is 0 Å². The van der Waals surface area contributed by atoms with E-state index in [1.807, 2.05) is 0 Å². The smallest absolute Gasteiger partial charge is 0.322 e. The van der Waals surface area contributed by atoms with Crippen molar-refractivity contribution < 1.29 is 54.3 Å². The number of nitrogens with two attached hydrogens (primary N) is 5. The molecule has 0 radical (unpaired) electrons. The van der Waals surface area contributed by atoms with Crippen molar-refractivity contribution in [2.24, 2.45) is 28.7 Å². The minimum Gasteiger partial charge on any atom is -0.480 e. The Balaban J connectivity index is -0.000000394. The summed E-state index contributed by atoms with van der Waals surface area (Å²) in [4.78, 5) is 60.1. The summed E-state index contributed by atoms with van der Waals surface area (Å²) < 4.78 is 0. The van der Waals surface area contributed by atoms with Gasteiger partial charge >= 0.3 is 23.9 Å². The van der Waals surface area contributed by atoms with Crippen LogP contribution in [0.4, 0.5) is 0 Å². The monoisotopic (exact) mass is 512 g/mol. The summed E-state index contributed by atoms with van der Waals surface area (Å²) in [5.74, 6) is -5.18. The number of aliphatic carboxylic acids is 4. The number of aliphatic hydroxyl groups is 1. The van der Waals surface area contributed by atoms with E-state index in [-0.39, 0.29) is 31.7 Å². The van der Waals surface area contributed by atoms with Crippen LogP contribution < -0.4 is 34.0 Å². The lowest BCUT2D eigenvalue weighted by Crippen LogP contribution is -2.33. The van der Waals surface area contributed by atoms with Gasteiger partial charge in [0.25, 0.3) is 0 Å². The molecular formula is C18H36N6O11. The SMILES string of the molecule is NC(=O)CC[C@H](N)C(=O)O.NC(=O)CC[C@H](N)C(=O)O.N[C@@H](CO)C(=O)O.O=C(O)[C@@H]1CCCN1. The second-order valence-electron chi connectivity index (χ2n) is 7.01. The number of primary amides is 2. The van der Waals surface area contributed by atoms with Gasteiger partial charge in [0.2, 0.25) is 11.8 Å². The third kappa shape index (κ3) is 25.1. The molecule has 1 aliphatic heterocycles. The summed E-state index contributed by atoms with van der Waals surface area (Å²) in [6.45, 7) is 0.353. The predicted molar refractivity (Wildman–Crippen MR) is 119 cm³/mol. The van der Waals surface area contributed by atoms with Gasteiger partial charge in [0.15, 0.2) is 0 Å². The number of nitrogens with one attached hydrogen (secondary N) is 1. The van der Waals surface area contributed by atoms with Crippen molar-refractivity contribution >= 4 is 35.7 Å². The van der Waals surface area contributed by atoms with Gasteiger partial charge in [-0.1, -0.05) is 0 Å². The molecule has 2 amide bonds. The molecule has 35 heavy (non-hydrogen) atoms. The summed E-state index contributed by atoms with van der Waals surface area (Å²) in [6.07, 6.45) is 2.03. The predicted octanol–water partition coefficient (Wildman–Crippen LogP) is -4.46. The van der Waals surface area contributed by atoms with Crippen molar-refractivity contribution in [2.75, 3.05) is 13.2 Å². The molecule has 0 bridgehead atoms. The van der Waals surface area contributed by atoms with E-state index < -0.39 is 60.4 Å². The van der Waals surface area contributed by atoms with E-state index in [1.165, 1.54) is 0 Å². The van der Waals surface area contributed by atoms with Crippen LogP contribution in [0.2, 0.25) is 0 Å². The van der Waals surface area contributed by atoms with Crippen LogP contribution in [0.5, 0.6) is 0 Å². The van der Waals surface area contributed by atoms with E-state index >= 15 is 0 Å². The number of carboxylic acids is 4. The van der Waals surface area contributed by atoms with Gasteiger partial charge in [-0.25, -0.2) is 0 Å². The van der Waals surface area contributed by atoms with E-state index in [0.717, 1.165) is 19.4 Å². The first-order valence-electron chi connectivity index (χ1n) is 10.1. The summed E-state index contributed by atoms with van der Waals surface area (Å²) >= 11 is 0. The molecule has 16 N–H and O–H groups in total. The van der Waals surface area contributed by atoms with Gasteiger partial charge in [0.05, 0.1) is 6.61 Å². The van der Waals surface area contributed by atoms with Gasteiger partial charge in [-0.05, 0) is 32.2 Å². The third-order valence-electron chi connectivity index (χ3n) is 3.91. The van der Waals surface area contributed by atoms with E-state index in [9.17, 15) is 28.8 Å². The second kappa shape index (κ2) is 21.2. The molecule has 0 unspecified atom stereocenters. The van der Waals surface area contributed by atoms with Crippen molar-refractivity contribution in [1.29, 1.82) is 0 Å². The molecule has 1 rings (SSSR count). The molecule has 4 atom stereocenters. The van der Waals surface area contributed by atoms with Crippen LogP contribution in [0.3, 0.4) is 0 Å². The van der Waals surface area contributed by atoms with Crippen LogP contribution in [0.15, 0.2) is 0 Å². The number of carbonyl (C=O) groups is 6. The van der Waals surface area contributed by atoms with Crippen molar-refractivity contribution in [1.82, 2.24) is 5.32 Å². The number of hydrogen-bond acceptors (Lipinski definition) is 11. The number of hydrogen-bond donors (Lipinski definition) is 11. The van der Waals surface area contributed by atoms with Gasteiger partial charge in [0, 0.05) is 12.8 Å². The molecule has 0 aromatic rings. The maximum Gasteiger partial charge on any atom is 0.322 e. The standard InChI is InChI=1S/2C5H10N2O3.C5H9NO2.C3H7NO3/c2*6-3(5(9)10)1-2-4(7)8;7-5(8)4-2-1-3-6-4;4-2(1-5)3(6)7/h2*3H,1-2,6H2,(H2,7,8)(H,9,10);4,6H,1-3H2,(H,7,8);2,5H,1,4H2,(H,6,7)/t2*3-;4-;2-/m0000/s1. The Labute approximate surface area is 200 Å². The first kappa shape index (κ1) is 36.2. The molecule has 0 aromatic carbocycles. The molecule has 0 spiro atoms. The number of aliphatic hydroxyl groups excluding tert-OH is 1. The van der Waals surface area contributed by atoms with Gasteiger partial charge in [-0.2, -0.15) is 0 Å². The van der Waals surface area contributed by atoms with Crippen LogP contribution in [-0.4, -0.2) is 98.5 Å². The minimum atomic E-state index is -1.18. The topological polar surface area (TPSA) is 346 Å². The highest BCUT2D eigenvalue weighted by atomic mass is 16.4. The maximum atomic E-state index is 10.1. The number of amides is 2. The molecule has 0 aromatic heterocycles. The fraction of sp³-hybridized carbons (Fsp3) is 0.667. The fourth-order valence-electron chi connectivity index (χ4n) is 1.82. The molecule has 204 valence electrons. The summed E-state index contributed by atoms with van der Waals surface area (Å²) in [5.41, 5.74) is 24.4. The zero-order chi connectivity index (χ0) is 28.1. The summed E-state index contributed by atoms with van der Waals surface area (Å²) in [7, 11) is 0.